The Morgan fingerprint density at radius 2 is 1.73 bits per heavy atom. The molecule has 1 aromatic carbocycles. The third-order valence-corrected chi connectivity index (χ3v) is 8.08. The zero-order valence-electron chi connectivity index (χ0n) is 17.4. The van der Waals surface area contributed by atoms with Gasteiger partial charge in [-0.3, -0.25) is 9.59 Å². The van der Waals surface area contributed by atoms with Gasteiger partial charge < -0.3 is 10.1 Å². The van der Waals surface area contributed by atoms with Crippen molar-refractivity contribution < 1.29 is 14.3 Å². The van der Waals surface area contributed by atoms with Crippen LogP contribution in [0.15, 0.2) is 29.6 Å². The number of benzene rings is 1. The van der Waals surface area contributed by atoms with Gasteiger partial charge in [0, 0.05) is 16.4 Å². The smallest absolute Gasteiger partial charge is 0.325 e. The largest absolute Gasteiger partial charge is 0.458 e. The van der Waals surface area contributed by atoms with E-state index < -0.39 is 5.97 Å². The number of rotatable bonds is 6. The molecule has 158 valence electrons. The topological polar surface area (TPSA) is 68.3 Å². The molecule has 0 unspecified atom stereocenters. The average Bonchev–Trinajstić information content (AvgIpc) is 3.19. The van der Waals surface area contributed by atoms with E-state index in [-0.39, 0.29) is 24.5 Å². The van der Waals surface area contributed by atoms with Gasteiger partial charge in [0.15, 0.2) is 0 Å². The van der Waals surface area contributed by atoms with Gasteiger partial charge in [0.2, 0.25) is 5.91 Å². The second kappa shape index (κ2) is 7.80. The summed E-state index contributed by atoms with van der Waals surface area (Å²) in [6.07, 6.45) is 6.90. The van der Waals surface area contributed by atoms with Gasteiger partial charge in [-0.15, -0.1) is 11.3 Å². The number of thiazole rings is 1. The van der Waals surface area contributed by atoms with Gasteiger partial charge in [-0.2, -0.15) is 0 Å². The number of nitrogens with zero attached hydrogens (tertiary/aromatic N) is 1. The van der Waals surface area contributed by atoms with E-state index in [0.717, 1.165) is 35.5 Å². The van der Waals surface area contributed by atoms with Gasteiger partial charge in [-0.1, -0.05) is 29.8 Å². The van der Waals surface area contributed by atoms with Gasteiger partial charge >= 0.3 is 5.97 Å². The number of aromatic nitrogens is 1. The molecular formula is C24H28N2O3S. The average molecular weight is 425 g/mol. The summed E-state index contributed by atoms with van der Waals surface area (Å²) in [5.74, 6) is 1.79. The van der Waals surface area contributed by atoms with Crippen molar-refractivity contribution in [2.24, 2.45) is 23.2 Å². The summed E-state index contributed by atoms with van der Waals surface area (Å²) < 4.78 is 5.36. The first-order valence-corrected chi connectivity index (χ1v) is 11.8. The summed E-state index contributed by atoms with van der Waals surface area (Å²) in [6, 6.07) is 8.21. The molecule has 6 rings (SSSR count). The molecule has 5 nitrogen and oxygen atoms in total. The van der Waals surface area contributed by atoms with Crippen molar-refractivity contribution in [2.45, 2.75) is 52.1 Å². The summed E-state index contributed by atoms with van der Waals surface area (Å²) in [5, 5.41) is 5.71. The van der Waals surface area contributed by atoms with Crippen molar-refractivity contribution in [1.29, 1.82) is 0 Å². The molecule has 0 saturated heterocycles. The van der Waals surface area contributed by atoms with Crippen LogP contribution in [0.4, 0.5) is 0 Å². The minimum absolute atomic E-state index is 0.0600. The van der Waals surface area contributed by atoms with E-state index in [4.69, 9.17) is 4.74 Å². The van der Waals surface area contributed by atoms with Crippen LogP contribution >= 0.6 is 11.3 Å². The molecule has 1 N–H and O–H groups in total. The third-order valence-electron chi connectivity index (χ3n) is 7.14. The van der Waals surface area contributed by atoms with Crippen LogP contribution in [0.1, 0.15) is 49.8 Å². The molecule has 0 radical (unpaired) electrons. The molecule has 4 saturated carbocycles. The number of esters is 1. The summed E-state index contributed by atoms with van der Waals surface area (Å²) >= 11 is 1.54. The number of ether oxygens (including phenoxy) is 1. The van der Waals surface area contributed by atoms with Crippen molar-refractivity contribution >= 4 is 23.2 Å². The Morgan fingerprint density at radius 1 is 1.10 bits per heavy atom. The molecule has 6 heteroatoms. The van der Waals surface area contributed by atoms with Crippen LogP contribution < -0.4 is 5.32 Å². The van der Waals surface area contributed by atoms with E-state index in [2.05, 4.69) is 29.4 Å². The minimum Gasteiger partial charge on any atom is -0.458 e. The van der Waals surface area contributed by atoms with E-state index in [0.29, 0.717) is 17.8 Å². The molecule has 4 aliphatic carbocycles. The monoisotopic (exact) mass is 424 g/mol. The highest BCUT2D eigenvalue weighted by atomic mass is 32.1. The Kier molecular flexibility index (Phi) is 5.13. The molecule has 4 aliphatic rings. The van der Waals surface area contributed by atoms with Gasteiger partial charge in [0.05, 0.1) is 5.69 Å². The van der Waals surface area contributed by atoms with E-state index in [1.165, 1.54) is 36.2 Å². The maximum atomic E-state index is 12.9. The molecule has 1 amide bonds. The molecular weight excluding hydrogens is 396 g/mol. The maximum Gasteiger partial charge on any atom is 0.325 e. The lowest BCUT2D eigenvalue weighted by Crippen LogP contribution is -2.54. The van der Waals surface area contributed by atoms with Crippen LogP contribution in [0, 0.1) is 30.1 Å². The lowest BCUT2D eigenvalue weighted by atomic mass is 9.49. The standard InChI is InChI=1S/C24H28N2O3S/c1-15-2-4-19(5-3-15)22-26-20(14-30-22)13-29-21(27)12-25-23(28)24-9-16-6-17(10-24)8-18(7-16)11-24/h2-5,14,16-18H,6-13H2,1H3,(H,25,28). The summed E-state index contributed by atoms with van der Waals surface area (Å²) in [7, 11) is 0. The molecule has 2 aromatic rings. The number of carbonyl (C=O) groups excluding carboxylic acids is 2. The van der Waals surface area contributed by atoms with Gasteiger partial charge in [-0.05, 0) is 63.2 Å². The first-order valence-electron chi connectivity index (χ1n) is 10.9. The SMILES string of the molecule is Cc1ccc(-c2nc(COC(=O)CNC(=O)C34CC5CC(CC(C5)C3)C4)cs2)cc1. The fourth-order valence-electron chi connectivity index (χ4n) is 6.14. The lowest BCUT2D eigenvalue weighted by Gasteiger charge is -2.55. The normalized spacial score (nSPS) is 29.0. The maximum absolute atomic E-state index is 12.9. The fourth-order valence-corrected chi connectivity index (χ4v) is 6.95. The molecule has 30 heavy (non-hydrogen) atoms. The van der Waals surface area contributed by atoms with E-state index >= 15 is 0 Å². The van der Waals surface area contributed by atoms with Crippen LogP contribution in [-0.2, 0) is 20.9 Å². The van der Waals surface area contributed by atoms with Crippen molar-refractivity contribution in [3.8, 4) is 10.6 Å². The zero-order chi connectivity index (χ0) is 20.7. The molecule has 1 heterocycles. The number of nitrogens with one attached hydrogen (secondary N) is 1. The fraction of sp³-hybridized carbons (Fsp3) is 0.542. The first kappa shape index (κ1) is 19.7. The third kappa shape index (κ3) is 3.89. The van der Waals surface area contributed by atoms with Gasteiger partial charge in [0.1, 0.15) is 18.2 Å². The number of amides is 1. The van der Waals surface area contributed by atoms with Crippen LogP contribution in [0.25, 0.3) is 10.6 Å². The summed E-state index contributed by atoms with van der Waals surface area (Å²) in [4.78, 5) is 29.7. The Balaban J connectivity index is 1.11. The predicted octanol–water partition coefficient (Wildman–Crippen LogP) is 4.49. The number of aryl methyl sites for hydroxylation is 1. The first-order chi connectivity index (χ1) is 14.5. The molecule has 0 atom stereocenters. The molecule has 1 aromatic heterocycles. The second-order valence-corrected chi connectivity index (χ2v) is 10.4. The Bertz CT molecular complexity index is 914. The van der Waals surface area contributed by atoms with E-state index in [1.807, 2.05) is 17.5 Å². The minimum atomic E-state index is -0.405. The van der Waals surface area contributed by atoms with Crippen LogP contribution in [0.3, 0.4) is 0 Å². The number of hydrogen-bond acceptors (Lipinski definition) is 5. The Labute approximate surface area is 181 Å². The van der Waals surface area contributed by atoms with E-state index in [9.17, 15) is 9.59 Å². The van der Waals surface area contributed by atoms with Crippen LogP contribution in [-0.4, -0.2) is 23.4 Å². The van der Waals surface area contributed by atoms with Crippen molar-refractivity contribution in [1.82, 2.24) is 10.3 Å². The van der Waals surface area contributed by atoms with Gasteiger partial charge in [-0.25, -0.2) is 4.98 Å². The number of hydrogen-bond donors (Lipinski definition) is 1. The van der Waals surface area contributed by atoms with Crippen molar-refractivity contribution in [3.05, 3.63) is 40.9 Å². The summed E-state index contributed by atoms with van der Waals surface area (Å²) in [5.41, 5.74) is 2.77. The molecule has 0 aliphatic heterocycles. The van der Waals surface area contributed by atoms with Crippen LogP contribution in [0.2, 0.25) is 0 Å². The number of carbonyl (C=O) groups is 2. The second-order valence-electron chi connectivity index (χ2n) is 9.55. The Hall–Kier alpha value is -2.21. The molecule has 0 spiro atoms. The molecule has 4 bridgehead atoms. The van der Waals surface area contributed by atoms with Crippen molar-refractivity contribution in [2.75, 3.05) is 6.54 Å². The Morgan fingerprint density at radius 3 is 2.37 bits per heavy atom. The predicted molar refractivity (Wildman–Crippen MR) is 116 cm³/mol. The lowest BCUT2D eigenvalue weighted by molar-refractivity contribution is -0.151. The van der Waals surface area contributed by atoms with Crippen molar-refractivity contribution in [3.63, 3.8) is 0 Å². The highest BCUT2D eigenvalue weighted by molar-refractivity contribution is 7.13. The molecule has 4 fully saturated rings. The quantitative estimate of drug-likeness (QED) is 0.694. The zero-order valence-corrected chi connectivity index (χ0v) is 18.2. The van der Waals surface area contributed by atoms with Gasteiger partial charge in [0.25, 0.3) is 0 Å². The van der Waals surface area contributed by atoms with E-state index in [1.54, 1.807) is 0 Å². The van der Waals surface area contributed by atoms with Crippen LogP contribution in [0.5, 0.6) is 0 Å². The highest BCUT2D eigenvalue weighted by Crippen LogP contribution is 2.60. The highest BCUT2D eigenvalue weighted by Gasteiger charge is 2.54. The summed E-state index contributed by atoms with van der Waals surface area (Å²) in [6.45, 7) is 2.13.